The number of pyridine rings is 1. The quantitative estimate of drug-likeness (QED) is 0.238. The Morgan fingerprint density at radius 2 is 1.73 bits per heavy atom. The molecule has 0 saturated carbocycles. The molecule has 10 nitrogen and oxygen atoms in total. The van der Waals surface area contributed by atoms with Crippen LogP contribution in [0.4, 0.5) is 5.69 Å². The molecule has 1 amide bonds. The maximum absolute atomic E-state index is 13.5. The number of imidazole rings is 1. The van der Waals surface area contributed by atoms with Gasteiger partial charge in [-0.1, -0.05) is 59.6 Å². The summed E-state index contributed by atoms with van der Waals surface area (Å²) in [4.78, 5) is 38.3. The lowest BCUT2D eigenvalue weighted by Gasteiger charge is -2.36. The van der Waals surface area contributed by atoms with E-state index in [9.17, 15) is 14.7 Å². The van der Waals surface area contributed by atoms with Gasteiger partial charge in [0.1, 0.15) is 0 Å². The number of likely N-dealkylation sites (tertiary alicyclic amines) is 1. The summed E-state index contributed by atoms with van der Waals surface area (Å²) in [6, 6.07) is 14.9. The standard InChI is InChI=1S/C33H34Cl2N6O4/c1-4-41-27-13-14-39(2)18-26(27)36-30(41)31(42)37-25-10-6-8-22(29(25)35)21-7-5-9-23(28(21)34)24-12-11-19(32(38-24)45-3)15-40-16-20(17-40)33(43)44/h5-12,20H,4,13-18H2,1-3H3,(H,37,42)(H,43,44). The van der Waals surface area contributed by atoms with Crippen molar-refractivity contribution in [1.29, 1.82) is 0 Å². The molecule has 1 fully saturated rings. The Morgan fingerprint density at radius 3 is 2.44 bits per heavy atom. The van der Waals surface area contributed by atoms with Gasteiger partial charge in [0, 0.05) is 73.6 Å². The zero-order valence-corrected chi connectivity index (χ0v) is 26.8. The summed E-state index contributed by atoms with van der Waals surface area (Å²) in [7, 11) is 3.61. The van der Waals surface area contributed by atoms with Crippen molar-refractivity contribution in [2.24, 2.45) is 5.92 Å². The first-order valence-electron chi connectivity index (χ1n) is 14.8. The van der Waals surface area contributed by atoms with Crippen molar-refractivity contribution < 1.29 is 19.4 Å². The van der Waals surface area contributed by atoms with Gasteiger partial charge in [0.15, 0.2) is 5.82 Å². The first kappa shape index (κ1) is 31.0. The number of anilines is 1. The van der Waals surface area contributed by atoms with Gasteiger partial charge < -0.3 is 24.6 Å². The van der Waals surface area contributed by atoms with E-state index in [0.717, 1.165) is 29.9 Å². The fourth-order valence-electron chi connectivity index (χ4n) is 6.05. The third-order valence-electron chi connectivity index (χ3n) is 8.47. The van der Waals surface area contributed by atoms with Crippen LogP contribution in [0.1, 0.15) is 34.5 Å². The summed E-state index contributed by atoms with van der Waals surface area (Å²) in [6.45, 7) is 5.83. The van der Waals surface area contributed by atoms with E-state index >= 15 is 0 Å². The van der Waals surface area contributed by atoms with Crippen molar-refractivity contribution in [1.82, 2.24) is 24.3 Å². The Labute approximate surface area is 271 Å². The van der Waals surface area contributed by atoms with Crippen molar-refractivity contribution in [3.8, 4) is 28.3 Å². The number of halogens is 2. The minimum absolute atomic E-state index is 0.319. The van der Waals surface area contributed by atoms with Crippen molar-refractivity contribution in [2.75, 3.05) is 39.1 Å². The minimum Gasteiger partial charge on any atom is -0.481 e. The van der Waals surface area contributed by atoms with Gasteiger partial charge in [-0.3, -0.25) is 14.5 Å². The molecule has 0 radical (unpaired) electrons. The number of hydrogen-bond acceptors (Lipinski definition) is 7. The highest BCUT2D eigenvalue weighted by Crippen LogP contribution is 2.41. The minimum atomic E-state index is -0.774. The molecule has 4 heterocycles. The smallest absolute Gasteiger partial charge is 0.309 e. The molecule has 2 aromatic heterocycles. The fourth-order valence-corrected chi connectivity index (χ4v) is 6.65. The topological polar surface area (TPSA) is 113 Å². The molecule has 2 aliphatic heterocycles. The lowest BCUT2D eigenvalue weighted by atomic mass is 9.99. The van der Waals surface area contributed by atoms with E-state index in [1.165, 1.54) is 0 Å². The molecule has 0 atom stereocenters. The molecule has 0 bridgehead atoms. The summed E-state index contributed by atoms with van der Waals surface area (Å²) in [6.07, 6.45) is 0.847. The van der Waals surface area contributed by atoms with E-state index in [4.69, 9.17) is 37.9 Å². The number of carbonyl (C=O) groups excluding carboxylic acids is 1. The lowest BCUT2D eigenvalue weighted by molar-refractivity contribution is -0.147. The van der Waals surface area contributed by atoms with Crippen LogP contribution in [0.2, 0.25) is 10.0 Å². The molecule has 2 N–H and O–H groups in total. The predicted molar refractivity (Wildman–Crippen MR) is 174 cm³/mol. The highest BCUT2D eigenvalue weighted by atomic mass is 35.5. The Balaban J connectivity index is 1.26. The van der Waals surface area contributed by atoms with Crippen molar-refractivity contribution in [2.45, 2.75) is 33.0 Å². The number of amides is 1. The van der Waals surface area contributed by atoms with Gasteiger partial charge in [-0.25, -0.2) is 9.97 Å². The molecular weight excluding hydrogens is 615 g/mol. The van der Waals surface area contributed by atoms with Crippen molar-refractivity contribution in [3.05, 3.63) is 81.4 Å². The third kappa shape index (κ3) is 6.03. The van der Waals surface area contributed by atoms with Gasteiger partial charge in [0.05, 0.1) is 40.1 Å². The number of aromatic nitrogens is 3. The molecule has 0 unspecified atom stereocenters. The van der Waals surface area contributed by atoms with Crippen LogP contribution >= 0.6 is 23.2 Å². The van der Waals surface area contributed by atoms with Gasteiger partial charge in [-0.15, -0.1) is 0 Å². The van der Waals surface area contributed by atoms with Gasteiger partial charge in [-0.05, 0) is 26.1 Å². The normalized spacial score (nSPS) is 15.4. The number of benzene rings is 2. The average Bonchev–Trinajstić information content (AvgIpc) is 3.37. The summed E-state index contributed by atoms with van der Waals surface area (Å²) < 4.78 is 7.58. The summed E-state index contributed by atoms with van der Waals surface area (Å²) in [5.41, 5.74) is 6.03. The zero-order chi connectivity index (χ0) is 31.8. The molecule has 12 heteroatoms. The van der Waals surface area contributed by atoms with E-state index in [-0.39, 0.29) is 11.8 Å². The first-order valence-corrected chi connectivity index (χ1v) is 15.6. The fraction of sp³-hybridized carbons (Fsp3) is 0.333. The molecule has 0 spiro atoms. The van der Waals surface area contributed by atoms with Crippen molar-refractivity contribution in [3.63, 3.8) is 0 Å². The average molecular weight is 650 g/mol. The Hall–Kier alpha value is -3.96. The van der Waals surface area contributed by atoms with Crippen LogP contribution in [0, 0.1) is 5.92 Å². The number of aliphatic carboxylic acids is 1. The molecule has 6 rings (SSSR count). The number of ether oxygens (including phenoxy) is 1. The number of fused-ring (bicyclic) bond motifs is 1. The van der Waals surface area contributed by atoms with E-state index in [1.54, 1.807) is 13.2 Å². The molecule has 0 aliphatic carbocycles. The van der Waals surface area contributed by atoms with Crippen LogP contribution < -0.4 is 10.1 Å². The predicted octanol–water partition coefficient (Wildman–Crippen LogP) is 5.70. The number of rotatable bonds is 9. The van der Waals surface area contributed by atoms with Crippen LogP contribution in [0.25, 0.3) is 22.4 Å². The maximum Gasteiger partial charge on any atom is 0.309 e. The summed E-state index contributed by atoms with van der Waals surface area (Å²) >= 11 is 13.9. The largest absolute Gasteiger partial charge is 0.481 e. The van der Waals surface area contributed by atoms with E-state index in [1.807, 2.05) is 65.9 Å². The number of nitrogens with one attached hydrogen (secondary N) is 1. The van der Waals surface area contributed by atoms with Gasteiger partial charge in [0.2, 0.25) is 5.88 Å². The zero-order valence-electron chi connectivity index (χ0n) is 25.3. The molecule has 4 aromatic rings. The number of carboxylic acid groups (broad SMARTS) is 1. The number of carbonyl (C=O) groups is 2. The SMILES string of the molecule is CCn1c(C(=O)Nc2cccc(-c3cccc(-c4ccc(CN5CC(C(=O)O)C5)c(OC)n4)c3Cl)c2Cl)nc2c1CCN(C)C2. The van der Waals surface area contributed by atoms with E-state index < -0.39 is 5.97 Å². The monoisotopic (exact) mass is 648 g/mol. The second-order valence-electron chi connectivity index (χ2n) is 11.4. The molecule has 2 aromatic carbocycles. The number of hydrogen-bond donors (Lipinski definition) is 2. The Bertz CT molecular complexity index is 1790. The summed E-state index contributed by atoms with van der Waals surface area (Å²) in [5.74, 6) is -0.603. The summed E-state index contributed by atoms with van der Waals surface area (Å²) in [5, 5.41) is 13.0. The molecule has 234 valence electrons. The Morgan fingerprint density at radius 1 is 1.02 bits per heavy atom. The van der Waals surface area contributed by atoms with Crippen LogP contribution in [-0.4, -0.2) is 75.1 Å². The van der Waals surface area contributed by atoms with E-state index in [0.29, 0.717) is 82.5 Å². The van der Waals surface area contributed by atoms with Gasteiger partial charge >= 0.3 is 5.97 Å². The van der Waals surface area contributed by atoms with E-state index in [2.05, 4.69) is 10.2 Å². The van der Waals surface area contributed by atoms with Crippen LogP contribution in [0.15, 0.2) is 48.5 Å². The van der Waals surface area contributed by atoms with Gasteiger partial charge in [-0.2, -0.15) is 0 Å². The lowest BCUT2D eigenvalue weighted by Crippen LogP contribution is -2.49. The number of carboxylic acids is 1. The first-order chi connectivity index (χ1) is 21.7. The molecule has 45 heavy (non-hydrogen) atoms. The molecule has 1 saturated heterocycles. The number of nitrogens with zero attached hydrogens (tertiary/aromatic N) is 5. The van der Waals surface area contributed by atoms with Crippen LogP contribution in [0.5, 0.6) is 5.88 Å². The second-order valence-corrected chi connectivity index (χ2v) is 12.2. The molecule has 2 aliphatic rings. The Kier molecular flexibility index (Phi) is 8.83. The third-order valence-corrected chi connectivity index (χ3v) is 9.28. The van der Waals surface area contributed by atoms with Crippen LogP contribution in [0.3, 0.4) is 0 Å². The number of likely N-dealkylation sites (N-methyl/N-ethyl adjacent to an activating group) is 1. The maximum atomic E-state index is 13.5. The highest BCUT2D eigenvalue weighted by Gasteiger charge is 2.33. The van der Waals surface area contributed by atoms with Gasteiger partial charge in [0.25, 0.3) is 5.91 Å². The number of methoxy groups -OCH3 is 1. The second kappa shape index (κ2) is 12.8. The van der Waals surface area contributed by atoms with Crippen LogP contribution in [-0.2, 0) is 30.8 Å². The highest BCUT2D eigenvalue weighted by molar-refractivity contribution is 6.39. The molecular formula is C33H34Cl2N6O4. The van der Waals surface area contributed by atoms with Crippen molar-refractivity contribution >= 4 is 40.8 Å².